The Balaban J connectivity index is 2.01. The molecule has 2 aromatic carbocycles. The zero-order valence-electron chi connectivity index (χ0n) is 11.9. The molecule has 0 aliphatic heterocycles. The van der Waals surface area contributed by atoms with Gasteiger partial charge in [0.15, 0.2) is 6.10 Å². The van der Waals surface area contributed by atoms with Gasteiger partial charge in [-0.2, -0.15) is 0 Å². The Labute approximate surface area is 133 Å². The Morgan fingerprint density at radius 1 is 1.14 bits per heavy atom. The van der Waals surface area contributed by atoms with Crippen LogP contribution in [0, 0.1) is 0 Å². The zero-order valence-corrected chi connectivity index (χ0v) is 12.6. The van der Waals surface area contributed by atoms with Gasteiger partial charge in [0.05, 0.1) is 16.3 Å². The number of rotatable bonds is 4. The van der Waals surface area contributed by atoms with Gasteiger partial charge < -0.3 is 15.8 Å². The van der Waals surface area contributed by atoms with Gasteiger partial charge in [-0.05, 0) is 31.2 Å². The van der Waals surface area contributed by atoms with E-state index in [1.54, 1.807) is 42.5 Å². The summed E-state index contributed by atoms with van der Waals surface area (Å²) in [5, 5.41) is 3.01. The quantitative estimate of drug-likeness (QED) is 0.670. The standard InChI is InChI=1S/C16H15ClN2O3/c1-10(15(20)19-14-9-5-3-7-12(14)17)22-16(21)11-6-2-4-8-13(11)18/h2-10H,18H2,1H3,(H,19,20). The summed E-state index contributed by atoms with van der Waals surface area (Å²) < 4.78 is 5.12. The third kappa shape index (κ3) is 3.77. The number of esters is 1. The lowest BCUT2D eigenvalue weighted by Gasteiger charge is -2.14. The number of carbonyl (C=O) groups excluding carboxylic acids is 2. The van der Waals surface area contributed by atoms with E-state index in [4.69, 9.17) is 22.1 Å². The van der Waals surface area contributed by atoms with Crippen molar-refractivity contribution in [1.29, 1.82) is 0 Å². The fourth-order valence-corrected chi connectivity index (χ4v) is 1.94. The van der Waals surface area contributed by atoms with Crippen LogP contribution in [-0.2, 0) is 9.53 Å². The molecule has 0 heterocycles. The Hall–Kier alpha value is -2.53. The molecule has 2 aromatic rings. The molecule has 1 atom stereocenters. The van der Waals surface area contributed by atoms with Gasteiger partial charge in [-0.3, -0.25) is 4.79 Å². The molecule has 0 saturated carbocycles. The van der Waals surface area contributed by atoms with Gasteiger partial charge in [0.2, 0.25) is 0 Å². The van der Waals surface area contributed by atoms with Gasteiger partial charge in [-0.1, -0.05) is 35.9 Å². The van der Waals surface area contributed by atoms with Crippen molar-refractivity contribution in [1.82, 2.24) is 0 Å². The molecule has 0 aliphatic rings. The first-order valence-electron chi connectivity index (χ1n) is 6.60. The summed E-state index contributed by atoms with van der Waals surface area (Å²) in [4.78, 5) is 24.0. The van der Waals surface area contributed by atoms with Crippen LogP contribution in [0.1, 0.15) is 17.3 Å². The number of nitrogens with two attached hydrogens (primary N) is 1. The summed E-state index contributed by atoms with van der Waals surface area (Å²) in [6.45, 7) is 1.48. The van der Waals surface area contributed by atoms with Crippen LogP contribution in [0.4, 0.5) is 11.4 Å². The number of hydrogen-bond acceptors (Lipinski definition) is 4. The number of hydrogen-bond donors (Lipinski definition) is 2. The molecule has 0 spiro atoms. The predicted octanol–water partition coefficient (Wildman–Crippen LogP) is 3.11. The first-order valence-corrected chi connectivity index (χ1v) is 6.97. The van der Waals surface area contributed by atoms with E-state index in [0.717, 1.165) is 0 Å². The van der Waals surface area contributed by atoms with Gasteiger partial charge in [0.25, 0.3) is 5.91 Å². The maximum absolute atomic E-state index is 12.0. The first-order chi connectivity index (χ1) is 10.5. The first kappa shape index (κ1) is 15.9. The van der Waals surface area contributed by atoms with E-state index < -0.39 is 18.0 Å². The molecule has 0 aromatic heterocycles. The average molecular weight is 319 g/mol. The second kappa shape index (κ2) is 6.95. The van der Waals surface area contributed by atoms with Crippen LogP contribution in [0.3, 0.4) is 0 Å². The fourth-order valence-electron chi connectivity index (χ4n) is 1.76. The maximum atomic E-state index is 12.0. The molecular formula is C16H15ClN2O3. The van der Waals surface area contributed by atoms with Crippen molar-refractivity contribution in [2.75, 3.05) is 11.1 Å². The minimum Gasteiger partial charge on any atom is -0.449 e. The predicted molar refractivity (Wildman–Crippen MR) is 85.8 cm³/mol. The van der Waals surface area contributed by atoms with Crippen molar-refractivity contribution >= 4 is 34.9 Å². The number of nitrogen functional groups attached to an aromatic ring is 1. The molecule has 1 amide bonds. The van der Waals surface area contributed by atoms with Crippen molar-refractivity contribution in [2.24, 2.45) is 0 Å². The fraction of sp³-hybridized carbons (Fsp3) is 0.125. The van der Waals surface area contributed by atoms with E-state index in [1.807, 2.05) is 0 Å². The second-order valence-corrected chi connectivity index (χ2v) is 5.01. The number of halogens is 1. The van der Waals surface area contributed by atoms with Crippen LogP contribution in [0.15, 0.2) is 48.5 Å². The molecule has 2 rings (SSSR count). The second-order valence-electron chi connectivity index (χ2n) is 4.60. The Bertz CT molecular complexity index is 703. The summed E-state index contributed by atoms with van der Waals surface area (Å²) in [5.74, 6) is -1.13. The van der Waals surface area contributed by atoms with Crippen molar-refractivity contribution in [2.45, 2.75) is 13.0 Å². The summed E-state index contributed by atoms with van der Waals surface area (Å²) in [6.07, 6.45) is -0.983. The van der Waals surface area contributed by atoms with E-state index in [9.17, 15) is 9.59 Å². The van der Waals surface area contributed by atoms with Crippen LogP contribution >= 0.6 is 11.6 Å². The Kier molecular flexibility index (Phi) is 5.01. The molecular weight excluding hydrogens is 304 g/mol. The van der Waals surface area contributed by atoms with Gasteiger partial charge in [-0.15, -0.1) is 0 Å². The molecule has 0 bridgehead atoms. The monoisotopic (exact) mass is 318 g/mol. The maximum Gasteiger partial charge on any atom is 0.341 e. The van der Waals surface area contributed by atoms with Crippen LogP contribution in [0.25, 0.3) is 0 Å². The molecule has 5 nitrogen and oxygen atoms in total. The van der Waals surface area contributed by atoms with E-state index in [0.29, 0.717) is 16.4 Å². The van der Waals surface area contributed by atoms with Crippen molar-refractivity contribution < 1.29 is 14.3 Å². The number of para-hydroxylation sites is 2. The summed E-state index contributed by atoms with van der Waals surface area (Å²) in [7, 11) is 0. The normalized spacial score (nSPS) is 11.5. The molecule has 0 aliphatic carbocycles. The van der Waals surface area contributed by atoms with Crippen LogP contribution in [0.5, 0.6) is 0 Å². The lowest BCUT2D eigenvalue weighted by molar-refractivity contribution is -0.123. The minimum absolute atomic E-state index is 0.222. The van der Waals surface area contributed by atoms with Crippen LogP contribution in [-0.4, -0.2) is 18.0 Å². The topological polar surface area (TPSA) is 81.4 Å². The van der Waals surface area contributed by atoms with E-state index in [1.165, 1.54) is 13.0 Å². The summed E-state index contributed by atoms with van der Waals surface area (Å²) in [5.41, 5.74) is 6.67. The molecule has 22 heavy (non-hydrogen) atoms. The smallest absolute Gasteiger partial charge is 0.341 e. The third-order valence-corrected chi connectivity index (χ3v) is 3.30. The molecule has 114 valence electrons. The lowest BCUT2D eigenvalue weighted by atomic mass is 10.2. The Morgan fingerprint density at radius 3 is 2.45 bits per heavy atom. The van der Waals surface area contributed by atoms with E-state index >= 15 is 0 Å². The highest BCUT2D eigenvalue weighted by molar-refractivity contribution is 6.33. The highest BCUT2D eigenvalue weighted by Gasteiger charge is 2.20. The summed E-state index contributed by atoms with van der Waals surface area (Å²) >= 11 is 5.96. The minimum atomic E-state index is -0.983. The van der Waals surface area contributed by atoms with Gasteiger partial charge >= 0.3 is 5.97 Å². The van der Waals surface area contributed by atoms with Gasteiger partial charge in [0.1, 0.15) is 0 Å². The van der Waals surface area contributed by atoms with Gasteiger partial charge in [0, 0.05) is 5.69 Å². The number of anilines is 2. The van der Waals surface area contributed by atoms with Crippen molar-refractivity contribution in [3.8, 4) is 0 Å². The highest BCUT2D eigenvalue weighted by atomic mass is 35.5. The largest absolute Gasteiger partial charge is 0.449 e. The van der Waals surface area contributed by atoms with Crippen LogP contribution in [0.2, 0.25) is 5.02 Å². The number of ether oxygens (including phenoxy) is 1. The highest BCUT2D eigenvalue weighted by Crippen LogP contribution is 2.21. The molecule has 6 heteroatoms. The summed E-state index contributed by atoms with van der Waals surface area (Å²) in [6, 6.07) is 13.3. The number of amides is 1. The lowest BCUT2D eigenvalue weighted by Crippen LogP contribution is -2.30. The zero-order chi connectivity index (χ0) is 16.1. The Morgan fingerprint density at radius 2 is 1.77 bits per heavy atom. The molecule has 0 saturated heterocycles. The number of carbonyl (C=O) groups is 2. The molecule has 1 unspecified atom stereocenters. The third-order valence-electron chi connectivity index (χ3n) is 2.97. The van der Waals surface area contributed by atoms with E-state index in [-0.39, 0.29) is 5.56 Å². The molecule has 0 fully saturated rings. The number of benzene rings is 2. The van der Waals surface area contributed by atoms with Crippen molar-refractivity contribution in [3.63, 3.8) is 0 Å². The van der Waals surface area contributed by atoms with Crippen LogP contribution < -0.4 is 11.1 Å². The molecule has 0 radical (unpaired) electrons. The van der Waals surface area contributed by atoms with Gasteiger partial charge in [-0.25, -0.2) is 4.79 Å². The average Bonchev–Trinajstić information content (AvgIpc) is 2.49. The SMILES string of the molecule is CC(OC(=O)c1ccccc1N)C(=O)Nc1ccccc1Cl. The van der Waals surface area contributed by atoms with E-state index in [2.05, 4.69) is 5.32 Å². The molecule has 3 N–H and O–H groups in total. The van der Waals surface area contributed by atoms with Crippen molar-refractivity contribution in [3.05, 3.63) is 59.1 Å². The number of nitrogens with one attached hydrogen (secondary N) is 1.